The Labute approximate surface area is 164 Å². The molecule has 29 heavy (non-hydrogen) atoms. The van der Waals surface area contributed by atoms with Gasteiger partial charge in [-0.2, -0.15) is 5.10 Å². The zero-order valence-electron chi connectivity index (χ0n) is 15.7. The number of aromatic nitrogens is 2. The van der Waals surface area contributed by atoms with Crippen molar-refractivity contribution in [2.45, 2.75) is 13.8 Å². The van der Waals surface area contributed by atoms with E-state index >= 15 is 0 Å². The molecule has 0 spiro atoms. The number of nitrogens with zero attached hydrogens (tertiary/aromatic N) is 3. The molecule has 1 heterocycles. The highest BCUT2D eigenvalue weighted by atomic mass is 16.6. The number of nitro benzene ring substituents is 1. The van der Waals surface area contributed by atoms with E-state index in [1.165, 1.54) is 35.1 Å². The summed E-state index contributed by atoms with van der Waals surface area (Å²) >= 11 is 0. The van der Waals surface area contributed by atoms with Crippen molar-refractivity contribution in [3.05, 3.63) is 46.3 Å². The molecule has 1 aromatic heterocycles. The van der Waals surface area contributed by atoms with Crippen LogP contribution in [0.5, 0.6) is 5.75 Å². The van der Waals surface area contributed by atoms with Gasteiger partial charge in [0.2, 0.25) is 5.69 Å². The zero-order valence-corrected chi connectivity index (χ0v) is 15.7. The SMILES string of the molecule is CCNC(=O)NC(=O)COc1cn(-c2ccc([N+](=O)[O-])cc2)nc1C(=O)OCC. The maximum atomic E-state index is 12.1. The topological polar surface area (TPSA) is 155 Å². The van der Waals surface area contributed by atoms with Crippen LogP contribution in [-0.4, -0.2) is 52.4 Å². The lowest BCUT2D eigenvalue weighted by molar-refractivity contribution is -0.384. The van der Waals surface area contributed by atoms with E-state index < -0.39 is 29.4 Å². The fraction of sp³-hybridized carbons (Fsp3) is 0.294. The first-order valence-electron chi connectivity index (χ1n) is 8.57. The molecule has 0 radical (unpaired) electrons. The number of nitrogens with one attached hydrogen (secondary N) is 2. The van der Waals surface area contributed by atoms with Gasteiger partial charge >= 0.3 is 12.0 Å². The van der Waals surface area contributed by atoms with Crippen molar-refractivity contribution in [3.63, 3.8) is 0 Å². The van der Waals surface area contributed by atoms with E-state index in [0.717, 1.165) is 0 Å². The molecule has 0 aliphatic heterocycles. The number of amides is 3. The Morgan fingerprint density at radius 3 is 2.48 bits per heavy atom. The van der Waals surface area contributed by atoms with Crippen LogP contribution in [0.1, 0.15) is 24.3 Å². The molecule has 12 heteroatoms. The van der Waals surface area contributed by atoms with Gasteiger partial charge in [0.05, 0.1) is 23.4 Å². The number of esters is 1. The Hall–Kier alpha value is -3.96. The first-order chi connectivity index (χ1) is 13.8. The second-order valence-electron chi connectivity index (χ2n) is 5.48. The van der Waals surface area contributed by atoms with Gasteiger partial charge in [0.25, 0.3) is 11.6 Å². The van der Waals surface area contributed by atoms with Gasteiger partial charge in [-0.05, 0) is 26.0 Å². The molecule has 0 bridgehead atoms. The molecule has 3 amide bonds. The molecule has 1 aromatic carbocycles. The fourth-order valence-electron chi connectivity index (χ4n) is 2.17. The van der Waals surface area contributed by atoms with Crippen molar-refractivity contribution < 1.29 is 28.8 Å². The molecule has 0 atom stereocenters. The minimum Gasteiger partial charge on any atom is -0.480 e. The normalized spacial score (nSPS) is 10.1. The second kappa shape index (κ2) is 9.82. The molecule has 0 saturated carbocycles. The van der Waals surface area contributed by atoms with Gasteiger partial charge in [0, 0.05) is 18.7 Å². The minimum atomic E-state index is -0.771. The van der Waals surface area contributed by atoms with Crippen molar-refractivity contribution >= 4 is 23.6 Å². The van der Waals surface area contributed by atoms with E-state index in [1.807, 2.05) is 0 Å². The number of nitro groups is 1. The van der Waals surface area contributed by atoms with E-state index in [0.29, 0.717) is 12.2 Å². The smallest absolute Gasteiger partial charge is 0.362 e. The van der Waals surface area contributed by atoms with Crippen LogP contribution < -0.4 is 15.4 Å². The number of rotatable bonds is 8. The molecule has 154 valence electrons. The van der Waals surface area contributed by atoms with E-state index in [1.54, 1.807) is 13.8 Å². The molecule has 2 rings (SSSR count). The lowest BCUT2D eigenvalue weighted by atomic mass is 10.3. The number of carbonyl (C=O) groups is 3. The Kier molecular flexibility index (Phi) is 7.23. The number of ether oxygens (including phenoxy) is 2. The van der Waals surface area contributed by atoms with E-state index in [9.17, 15) is 24.5 Å². The van der Waals surface area contributed by atoms with E-state index in [-0.39, 0.29) is 23.7 Å². The van der Waals surface area contributed by atoms with Crippen LogP contribution in [-0.2, 0) is 9.53 Å². The van der Waals surface area contributed by atoms with Gasteiger partial charge < -0.3 is 14.8 Å². The molecule has 0 aliphatic carbocycles. The summed E-state index contributed by atoms with van der Waals surface area (Å²) in [6.45, 7) is 3.20. The summed E-state index contributed by atoms with van der Waals surface area (Å²) in [7, 11) is 0. The van der Waals surface area contributed by atoms with Crippen molar-refractivity contribution in [1.29, 1.82) is 0 Å². The van der Waals surface area contributed by atoms with Gasteiger partial charge in [-0.1, -0.05) is 0 Å². The van der Waals surface area contributed by atoms with Crippen molar-refractivity contribution in [2.75, 3.05) is 19.8 Å². The highest BCUT2D eigenvalue weighted by molar-refractivity contribution is 5.95. The molecule has 0 saturated heterocycles. The van der Waals surface area contributed by atoms with Crippen LogP contribution in [0.2, 0.25) is 0 Å². The summed E-state index contributed by atoms with van der Waals surface area (Å²) in [5.74, 6) is -1.55. The molecule has 0 fully saturated rings. The molecule has 2 aromatic rings. The number of urea groups is 1. The maximum Gasteiger partial charge on any atom is 0.362 e. The van der Waals surface area contributed by atoms with Crippen molar-refractivity contribution in [3.8, 4) is 11.4 Å². The highest BCUT2D eigenvalue weighted by Gasteiger charge is 2.21. The Morgan fingerprint density at radius 1 is 1.21 bits per heavy atom. The summed E-state index contributed by atoms with van der Waals surface area (Å²) < 4.78 is 11.5. The summed E-state index contributed by atoms with van der Waals surface area (Å²) in [6.07, 6.45) is 1.33. The molecule has 12 nitrogen and oxygen atoms in total. The Balaban J connectivity index is 2.21. The summed E-state index contributed by atoms with van der Waals surface area (Å²) in [4.78, 5) is 45.5. The van der Waals surface area contributed by atoms with Crippen LogP contribution in [0.25, 0.3) is 5.69 Å². The maximum absolute atomic E-state index is 12.1. The van der Waals surface area contributed by atoms with Crippen LogP contribution in [0.3, 0.4) is 0 Å². The fourth-order valence-corrected chi connectivity index (χ4v) is 2.17. The van der Waals surface area contributed by atoms with Crippen molar-refractivity contribution in [1.82, 2.24) is 20.4 Å². The second-order valence-corrected chi connectivity index (χ2v) is 5.48. The molecular formula is C17H19N5O7. The third kappa shape index (κ3) is 5.76. The molecule has 0 unspecified atom stereocenters. The number of benzene rings is 1. The summed E-state index contributed by atoms with van der Waals surface area (Å²) in [5.41, 5.74) is 0.129. The first-order valence-corrected chi connectivity index (χ1v) is 8.57. The average molecular weight is 405 g/mol. The summed E-state index contributed by atoms with van der Waals surface area (Å²) in [6, 6.07) is 4.76. The third-order valence-electron chi connectivity index (χ3n) is 3.42. The minimum absolute atomic E-state index is 0.0483. The predicted molar refractivity (Wildman–Crippen MR) is 98.9 cm³/mol. The lowest BCUT2D eigenvalue weighted by Crippen LogP contribution is -2.41. The van der Waals surface area contributed by atoms with E-state index in [4.69, 9.17) is 9.47 Å². The van der Waals surface area contributed by atoms with Gasteiger partial charge in [-0.25, -0.2) is 14.3 Å². The zero-order chi connectivity index (χ0) is 21.4. The lowest BCUT2D eigenvalue weighted by Gasteiger charge is -2.06. The number of carbonyl (C=O) groups excluding carboxylic acids is 3. The first kappa shape index (κ1) is 21.3. The number of hydrogen-bond donors (Lipinski definition) is 2. The highest BCUT2D eigenvalue weighted by Crippen LogP contribution is 2.22. The van der Waals surface area contributed by atoms with Crippen LogP contribution in [0.4, 0.5) is 10.5 Å². The van der Waals surface area contributed by atoms with Gasteiger partial charge in [-0.3, -0.25) is 20.2 Å². The predicted octanol–water partition coefficient (Wildman–Crippen LogP) is 1.18. The van der Waals surface area contributed by atoms with Gasteiger partial charge in [0.1, 0.15) is 0 Å². The number of imide groups is 1. The molecular weight excluding hydrogens is 386 g/mol. The molecule has 0 aliphatic rings. The van der Waals surface area contributed by atoms with Crippen LogP contribution >= 0.6 is 0 Å². The van der Waals surface area contributed by atoms with Gasteiger partial charge in [-0.15, -0.1) is 0 Å². The van der Waals surface area contributed by atoms with Crippen LogP contribution in [0, 0.1) is 10.1 Å². The Bertz CT molecular complexity index is 907. The van der Waals surface area contributed by atoms with Crippen LogP contribution in [0.15, 0.2) is 30.5 Å². The number of hydrogen-bond acceptors (Lipinski definition) is 8. The average Bonchev–Trinajstić information content (AvgIpc) is 3.11. The van der Waals surface area contributed by atoms with E-state index in [2.05, 4.69) is 15.7 Å². The molecule has 2 N–H and O–H groups in total. The van der Waals surface area contributed by atoms with Gasteiger partial charge in [0.15, 0.2) is 12.4 Å². The Morgan fingerprint density at radius 2 is 1.90 bits per heavy atom. The quantitative estimate of drug-likeness (QED) is 0.377. The number of non-ortho nitro benzene ring substituents is 1. The largest absolute Gasteiger partial charge is 0.480 e. The monoisotopic (exact) mass is 405 g/mol. The standard InChI is InChI=1S/C17H19N5O7/c1-3-18-17(25)19-14(23)10-29-13-9-21(20-15(13)16(24)28-4-2)11-5-7-12(8-6-11)22(26)27/h5-9H,3-4,10H2,1-2H3,(H2,18,19,23,25). The van der Waals surface area contributed by atoms with Crippen molar-refractivity contribution in [2.24, 2.45) is 0 Å². The summed E-state index contributed by atoms with van der Waals surface area (Å²) in [5, 5.41) is 19.3. The third-order valence-corrected chi connectivity index (χ3v) is 3.42.